The van der Waals surface area contributed by atoms with Gasteiger partial charge in [0.2, 0.25) is 0 Å². The van der Waals surface area contributed by atoms with Crippen LogP contribution in [0.25, 0.3) is 0 Å². The van der Waals surface area contributed by atoms with Crippen LogP contribution in [-0.2, 0) is 5.41 Å². The van der Waals surface area contributed by atoms with E-state index in [1.165, 1.54) is 11.1 Å². The third kappa shape index (κ3) is 3.92. The van der Waals surface area contributed by atoms with E-state index < -0.39 is 0 Å². The van der Waals surface area contributed by atoms with Crippen LogP contribution in [0, 0.1) is 0 Å². The summed E-state index contributed by atoms with van der Waals surface area (Å²) in [4.78, 5) is 4.54. The van der Waals surface area contributed by atoms with Crippen LogP contribution < -0.4 is 5.32 Å². The van der Waals surface area contributed by atoms with E-state index >= 15 is 0 Å². The average Bonchev–Trinajstić information content (AvgIpc) is 2.45. The molecule has 0 fully saturated rings. The molecule has 0 saturated heterocycles. The summed E-state index contributed by atoms with van der Waals surface area (Å²) in [5.41, 5.74) is 3.80. The maximum absolute atomic E-state index is 4.54. The molecule has 0 bridgehead atoms. The molecule has 2 rings (SSSR count). The van der Waals surface area contributed by atoms with E-state index in [1.54, 1.807) is 0 Å². The Kier molecular flexibility index (Phi) is 5.17. The van der Waals surface area contributed by atoms with Gasteiger partial charge < -0.3 is 5.32 Å². The van der Waals surface area contributed by atoms with E-state index in [-0.39, 0.29) is 11.5 Å². The highest BCUT2D eigenvalue weighted by atomic mass is 79.9. The monoisotopic (exact) mass is 346 g/mol. The molecular formula is C18H23BrN2. The lowest BCUT2D eigenvalue weighted by molar-refractivity contribution is 0.586. The predicted molar refractivity (Wildman–Crippen MR) is 92.6 cm³/mol. The highest BCUT2D eigenvalue weighted by molar-refractivity contribution is 9.10. The normalized spacial score (nSPS) is 13.2. The Hall–Kier alpha value is -1.19. The van der Waals surface area contributed by atoms with Crippen molar-refractivity contribution in [2.24, 2.45) is 0 Å². The summed E-state index contributed by atoms with van der Waals surface area (Å²) in [6.45, 7) is 9.72. The minimum Gasteiger partial charge on any atom is -0.305 e. The van der Waals surface area contributed by atoms with Crippen molar-refractivity contribution in [1.82, 2.24) is 10.3 Å². The quantitative estimate of drug-likeness (QED) is 0.856. The summed E-state index contributed by atoms with van der Waals surface area (Å²) in [7, 11) is 0. The zero-order valence-corrected chi connectivity index (χ0v) is 14.7. The third-order valence-corrected chi connectivity index (χ3v) is 4.25. The van der Waals surface area contributed by atoms with Gasteiger partial charge in [0.05, 0.1) is 11.7 Å². The lowest BCUT2D eigenvalue weighted by Crippen LogP contribution is -2.23. The molecule has 0 radical (unpaired) electrons. The van der Waals surface area contributed by atoms with Gasteiger partial charge in [-0.1, -0.05) is 52.0 Å². The van der Waals surface area contributed by atoms with Crippen LogP contribution in [0.4, 0.5) is 0 Å². The molecule has 21 heavy (non-hydrogen) atoms. The van der Waals surface area contributed by atoms with Gasteiger partial charge in [-0.15, -0.1) is 0 Å². The molecule has 1 aromatic heterocycles. The predicted octanol–water partition coefficient (Wildman–Crippen LogP) is 4.84. The topological polar surface area (TPSA) is 24.9 Å². The van der Waals surface area contributed by atoms with Crippen LogP contribution in [0.3, 0.4) is 0 Å². The summed E-state index contributed by atoms with van der Waals surface area (Å²) in [5, 5.41) is 3.52. The molecule has 1 heterocycles. The number of benzene rings is 1. The fraction of sp³-hybridized carbons (Fsp3) is 0.389. The van der Waals surface area contributed by atoms with Crippen LogP contribution in [-0.4, -0.2) is 11.5 Å². The number of halogens is 1. The van der Waals surface area contributed by atoms with Gasteiger partial charge in [-0.3, -0.25) is 4.98 Å². The van der Waals surface area contributed by atoms with Crippen LogP contribution in [0.15, 0.2) is 47.1 Å². The van der Waals surface area contributed by atoms with Gasteiger partial charge in [0.15, 0.2) is 0 Å². The molecule has 0 aliphatic carbocycles. The third-order valence-electron chi connectivity index (χ3n) is 3.58. The maximum atomic E-state index is 4.54. The highest BCUT2D eigenvalue weighted by Gasteiger charge is 2.19. The van der Waals surface area contributed by atoms with Gasteiger partial charge in [-0.05, 0) is 51.1 Å². The maximum Gasteiger partial charge on any atom is 0.0762 e. The van der Waals surface area contributed by atoms with Crippen LogP contribution in [0.1, 0.15) is 50.6 Å². The minimum atomic E-state index is 0.111. The number of hydrogen-bond donors (Lipinski definition) is 1. The van der Waals surface area contributed by atoms with E-state index in [0.717, 1.165) is 16.7 Å². The summed E-state index contributed by atoms with van der Waals surface area (Å²) in [5.74, 6) is 0. The molecule has 0 aliphatic rings. The molecule has 0 saturated carbocycles. The Balaban J connectivity index is 2.37. The van der Waals surface area contributed by atoms with Gasteiger partial charge in [0.1, 0.15) is 0 Å². The van der Waals surface area contributed by atoms with E-state index in [0.29, 0.717) is 0 Å². The number of nitrogens with one attached hydrogen (secondary N) is 1. The second-order valence-electron chi connectivity index (χ2n) is 6.23. The largest absolute Gasteiger partial charge is 0.305 e. The average molecular weight is 347 g/mol. The van der Waals surface area contributed by atoms with Crippen molar-refractivity contribution in [3.05, 3.63) is 63.9 Å². The lowest BCUT2D eigenvalue weighted by atomic mass is 9.86. The van der Waals surface area contributed by atoms with Gasteiger partial charge in [-0.25, -0.2) is 0 Å². The summed E-state index contributed by atoms with van der Waals surface area (Å²) >= 11 is 3.61. The number of rotatable bonds is 4. The molecule has 0 amide bonds. The van der Waals surface area contributed by atoms with Gasteiger partial charge in [-0.2, -0.15) is 0 Å². The van der Waals surface area contributed by atoms with E-state index in [2.05, 4.69) is 78.2 Å². The second kappa shape index (κ2) is 6.71. The van der Waals surface area contributed by atoms with Crippen LogP contribution in [0.5, 0.6) is 0 Å². The zero-order valence-electron chi connectivity index (χ0n) is 13.2. The highest BCUT2D eigenvalue weighted by Crippen LogP contribution is 2.29. The molecule has 1 unspecified atom stereocenters. The summed E-state index contributed by atoms with van der Waals surface area (Å²) < 4.78 is 1.04. The molecule has 3 heteroatoms. The molecule has 0 aliphatic heterocycles. The van der Waals surface area contributed by atoms with Crippen molar-refractivity contribution in [3.63, 3.8) is 0 Å². The standard InChI is InChI=1S/C18H23BrN2/c1-5-20-16(17-15(19)7-6-12-21-17)13-8-10-14(11-9-13)18(2,3)4/h6-12,16,20H,5H2,1-4H3. The second-order valence-corrected chi connectivity index (χ2v) is 7.09. The number of pyridine rings is 1. The van der Waals surface area contributed by atoms with E-state index in [1.807, 2.05) is 18.3 Å². The van der Waals surface area contributed by atoms with Crippen molar-refractivity contribution in [3.8, 4) is 0 Å². The van der Waals surface area contributed by atoms with Crippen LogP contribution in [0.2, 0.25) is 0 Å². The Bertz CT molecular complexity index is 585. The smallest absolute Gasteiger partial charge is 0.0762 e. The van der Waals surface area contributed by atoms with E-state index in [9.17, 15) is 0 Å². The van der Waals surface area contributed by atoms with E-state index in [4.69, 9.17) is 0 Å². The summed E-state index contributed by atoms with van der Waals surface area (Å²) in [6, 6.07) is 12.9. The van der Waals surface area contributed by atoms with Gasteiger partial charge in [0, 0.05) is 10.7 Å². The van der Waals surface area contributed by atoms with Gasteiger partial charge >= 0.3 is 0 Å². The lowest BCUT2D eigenvalue weighted by Gasteiger charge is -2.22. The molecule has 112 valence electrons. The first-order chi connectivity index (χ1) is 9.93. The van der Waals surface area contributed by atoms with Crippen molar-refractivity contribution < 1.29 is 0 Å². The molecular weight excluding hydrogens is 324 g/mol. The Morgan fingerprint density at radius 1 is 1.14 bits per heavy atom. The first kappa shape index (κ1) is 16.2. The van der Waals surface area contributed by atoms with Crippen molar-refractivity contribution in [2.75, 3.05) is 6.54 Å². The van der Waals surface area contributed by atoms with Crippen molar-refractivity contribution in [1.29, 1.82) is 0 Å². The van der Waals surface area contributed by atoms with Crippen LogP contribution >= 0.6 is 15.9 Å². The fourth-order valence-electron chi connectivity index (χ4n) is 2.36. The minimum absolute atomic E-state index is 0.111. The molecule has 1 N–H and O–H groups in total. The first-order valence-electron chi connectivity index (χ1n) is 7.37. The zero-order chi connectivity index (χ0) is 15.5. The fourth-order valence-corrected chi connectivity index (χ4v) is 2.85. The molecule has 1 atom stereocenters. The Morgan fingerprint density at radius 2 is 1.81 bits per heavy atom. The number of aromatic nitrogens is 1. The molecule has 2 aromatic rings. The van der Waals surface area contributed by atoms with Gasteiger partial charge in [0.25, 0.3) is 0 Å². The number of nitrogens with zero attached hydrogens (tertiary/aromatic N) is 1. The molecule has 1 aromatic carbocycles. The Labute approximate surface area is 136 Å². The van der Waals surface area contributed by atoms with Crippen molar-refractivity contribution in [2.45, 2.75) is 39.2 Å². The first-order valence-corrected chi connectivity index (χ1v) is 8.17. The Morgan fingerprint density at radius 3 is 2.33 bits per heavy atom. The molecule has 2 nitrogen and oxygen atoms in total. The summed E-state index contributed by atoms with van der Waals surface area (Å²) in [6.07, 6.45) is 1.84. The number of hydrogen-bond acceptors (Lipinski definition) is 2. The molecule has 0 spiro atoms. The SMILES string of the molecule is CCNC(c1ccc(C(C)(C)C)cc1)c1ncccc1Br. The van der Waals surface area contributed by atoms with Crippen molar-refractivity contribution >= 4 is 15.9 Å².